The molecule has 0 aromatic carbocycles. The number of hydrogen-bond donors (Lipinski definition) is 1. The average Bonchev–Trinajstić information content (AvgIpc) is 2.22. The van der Waals surface area contributed by atoms with E-state index in [0.717, 1.165) is 18.8 Å². The standard InChI is InChI=1S/C19H33N/c1-5-14(2)6-16(20)10-19-9-15-7-17(3,12-19)11-18(4,8-15)13-19/h15-16H,2,5-13,20H2,1,3-4H3. The van der Waals surface area contributed by atoms with Crippen molar-refractivity contribution >= 4 is 0 Å². The maximum absolute atomic E-state index is 6.50. The van der Waals surface area contributed by atoms with E-state index in [1.165, 1.54) is 50.5 Å². The highest BCUT2D eigenvalue weighted by Crippen LogP contribution is 2.70. The van der Waals surface area contributed by atoms with Crippen LogP contribution in [0.5, 0.6) is 0 Å². The van der Waals surface area contributed by atoms with Crippen LogP contribution in [0.15, 0.2) is 12.2 Å². The van der Waals surface area contributed by atoms with Gasteiger partial charge < -0.3 is 5.73 Å². The first-order chi connectivity index (χ1) is 9.26. The molecule has 3 atom stereocenters. The van der Waals surface area contributed by atoms with Crippen molar-refractivity contribution in [3.05, 3.63) is 12.2 Å². The molecule has 2 N–H and O–H groups in total. The Bertz CT molecular complexity index is 392. The zero-order chi connectivity index (χ0) is 14.6. The van der Waals surface area contributed by atoms with E-state index < -0.39 is 0 Å². The Morgan fingerprint density at radius 1 is 1.15 bits per heavy atom. The molecule has 4 fully saturated rings. The van der Waals surface area contributed by atoms with E-state index in [1.54, 1.807) is 0 Å². The Hall–Kier alpha value is -0.300. The highest BCUT2D eigenvalue weighted by molar-refractivity contribution is 5.11. The fourth-order valence-corrected chi connectivity index (χ4v) is 7.06. The first-order valence-electron chi connectivity index (χ1n) is 8.68. The second-order valence-electron chi connectivity index (χ2n) is 9.40. The Labute approximate surface area is 125 Å². The van der Waals surface area contributed by atoms with Crippen LogP contribution in [-0.2, 0) is 0 Å². The molecular formula is C19H33N. The fourth-order valence-electron chi connectivity index (χ4n) is 7.06. The van der Waals surface area contributed by atoms with Gasteiger partial charge in [-0.3, -0.25) is 0 Å². The molecule has 0 radical (unpaired) electrons. The molecule has 0 aromatic rings. The molecule has 4 saturated carbocycles. The smallest absolute Gasteiger partial charge is 0.00812 e. The lowest BCUT2D eigenvalue weighted by molar-refractivity contribution is -0.149. The zero-order valence-corrected chi connectivity index (χ0v) is 13.8. The van der Waals surface area contributed by atoms with Crippen molar-refractivity contribution in [2.24, 2.45) is 27.9 Å². The molecule has 0 aliphatic heterocycles. The molecule has 0 aromatic heterocycles. The van der Waals surface area contributed by atoms with Crippen LogP contribution >= 0.6 is 0 Å². The third-order valence-electron chi connectivity index (χ3n) is 6.49. The Morgan fingerprint density at radius 2 is 1.75 bits per heavy atom. The fraction of sp³-hybridized carbons (Fsp3) is 0.895. The summed E-state index contributed by atoms with van der Waals surface area (Å²) in [5.74, 6) is 0.989. The average molecular weight is 275 g/mol. The van der Waals surface area contributed by atoms with E-state index in [4.69, 9.17) is 5.73 Å². The molecule has 4 rings (SSSR count). The highest BCUT2D eigenvalue weighted by atomic mass is 14.7. The predicted molar refractivity (Wildman–Crippen MR) is 86.5 cm³/mol. The van der Waals surface area contributed by atoms with Crippen molar-refractivity contribution in [3.63, 3.8) is 0 Å². The van der Waals surface area contributed by atoms with Crippen LogP contribution in [0.25, 0.3) is 0 Å². The lowest BCUT2D eigenvalue weighted by Crippen LogP contribution is -2.56. The molecule has 1 heteroatoms. The molecule has 114 valence electrons. The van der Waals surface area contributed by atoms with Crippen LogP contribution in [0.2, 0.25) is 0 Å². The third-order valence-corrected chi connectivity index (χ3v) is 6.49. The van der Waals surface area contributed by atoms with Gasteiger partial charge >= 0.3 is 0 Å². The maximum atomic E-state index is 6.50. The van der Waals surface area contributed by atoms with Gasteiger partial charge in [0.15, 0.2) is 0 Å². The van der Waals surface area contributed by atoms with Crippen molar-refractivity contribution < 1.29 is 0 Å². The van der Waals surface area contributed by atoms with E-state index in [1.807, 2.05) is 0 Å². The van der Waals surface area contributed by atoms with Gasteiger partial charge in [0.05, 0.1) is 0 Å². The largest absolute Gasteiger partial charge is 0.327 e. The molecule has 3 unspecified atom stereocenters. The molecule has 0 spiro atoms. The Kier molecular flexibility index (Phi) is 3.36. The summed E-state index contributed by atoms with van der Waals surface area (Å²) in [6.45, 7) is 11.5. The summed E-state index contributed by atoms with van der Waals surface area (Å²) in [6.07, 6.45) is 12.2. The maximum Gasteiger partial charge on any atom is 0.00812 e. The summed E-state index contributed by atoms with van der Waals surface area (Å²) in [4.78, 5) is 0. The number of hydrogen-bond acceptors (Lipinski definition) is 1. The van der Waals surface area contributed by atoms with Gasteiger partial charge in [-0.15, -0.1) is 0 Å². The van der Waals surface area contributed by atoms with Gasteiger partial charge in [-0.1, -0.05) is 32.9 Å². The SMILES string of the molecule is C=C(CC)CC(N)CC12CC3CC(C)(CC(C)(C3)C1)C2. The van der Waals surface area contributed by atoms with E-state index in [0.29, 0.717) is 22.3 Å². The highest BCUT2D eigenvalue weighted by Gasteiger charge is 2.59. The molecule has 0 amide bonds. The van der Waals surface area contributed by atoms with Gasteiger partial charge in [0.25, 0.3) is 0 Å². The lowest BCUT2D eigenvalue weighted by Gasteiger charge is -2.66. The second kappa shape index (κ2) is 4.60. The van der Waals surface area contributed by atoms with Crippen molar-refractivity contribution in [3.8, 4) is 0 Å². The third kappa shape index (κ3) is 2.58. The van der Waals surface area contributed by atoms with Crippen molar-refractivity contribution in [1.29, 1.82) is 0 Å². The van der Waals surface area contributed by atoms with Gasteiger partial charge in [0, 0.05) is 6.04 Å². The van der Waals surface area contributed by atoms with Crippen LogP contribution in [0.1, 0.15) is 78.6 Å². The Morgan fingerprint density at radius 3 is 2.25 bits per heavy atom. The summed E-state index contributed by atoms with van der Waals surface area (Å²) in [5, 5.41) is 0. The van der Waals surface area contributed by atoms with Crippen molar-refractivity contribution in [2.45, 2.75) is 84.6 Å². The minimum atomic E-state index is 0.339. The molecule has 1 nitrogen and oxygen atoms in total. The molecule has 4 bridgehead atoms. The first kappa shape index (κ1) is 14.6. The molecule has 4 aliphatic rings. The minimum Gasteiger partial charge on any atom is -0.327 e. The van der Waals surface area contributed by atoms with Crippen LogP contribution in [0.3, 0.4) is 0 Å². The van der Waals surface area contributed by atoms with Crippen LogP contribution < -0.4 is 5.73 Å². The molecule has 0 saturated heterocycles. The van der Waals surface area contributed by atoms with Gasteiger partial charge in [0.2, 0.25) is 0 Å². The molecule has 20 heavy (non-hydrogen) atoms. The number of nitrogens with two attached hydrogens (primary N) is 1. The quantitative estimate of drug-likeness (QED) is 0.698. The second-order valence-corrected chi connectivity index (χ2v) is 9.40. The van der Waals surface area contributed by atoms with Crippen LogP contribution in [0, 0.1) is 22.2 Å². The normalized spacial score (nSPS) is 47.5. The molecule has 0 heterocycles. The van der Waals surface area contributed by atoms with E-state index >= 15 is 0 Å². The van der Waals surface area contributed by atoms with E-state index in [9.17, 15) is 0 Å². The summed E-state index contributed by atoms with van der Waals surface area (Å²) in [6, 6.07) is 0.339. The molecule has 4 aliphatic carbocycles. The summed E-state index contributed by atoms with van der Waals surface area (Å²) >= 11 is 0. The van der Waals surface area contributed by atoms with Crippen LogP contribution in [0.4, 0.5) is 0 Å². The van der Waals surface area contributed by atoms with Crippen LogP contribution in [-0.4, -0.2) is 6.04 Å². The summed E-state index contributed by atoms with van der Waals surface area (Å²) in [5.41, 5.74) is 9.64. The topological polar surface area (TPSA) is 26.0 Å². The van der Waals surface area contributed by atoms with E-state index in [-0.39, 0.29) is 0 Å². The van der Waals surface area contributed by atoms with Crippen molar-refractivity contribution in [1.82, 2.24) is 0 Å². The van der Waals surface area contributed by atoms with E-state index in [2.05, 4.69) is 27.4 Å². The molecular weight excluding hydrogens is 242 g/mol. The van der Waals surface area contributed by atoms with Crippen molar-refractivity contribution in [2.75, 3.05) is 0 Å². The predicted octanol–water partition coefficient (Wildman–Crippen LogP) is 5.06. The number of rotatable bonds is 5. The minimum absolute atomic E-state index is 0.339. The van der Waals surface area contributed by atoms with Gasteiger partial charge in [-0.25, -0.2) is 0 Å². The van der Waals surface area contributed by atoms with Gasteiger partial charge in [-0.2, -0.15) is 0 Å². The van der Waals surface area contributed by atoms with Gasteiger partial charge in [0.1, 0.15) is 0 Å². The Balaban J connectivity index is 1.74. The summed E-state index contributed by atoms with van der Waals surface area (Å²) in [7, 11) is 0. The lowest BCUT2D eigenvalue weighted by atomic mass is 9.39. The summed E-state index contributed by atoms with van der Waals surface area (Å²) < 4.78 is 0. The monoisotopic (exact) mass is 275 g/mol. The first-order valence-corrected chi connectivity index (χ1v) is 8.68. The zero-order valence-electron chi connectivity index (χ0n) is 13.8. The van der Waals surface area contributed by atoms with Gasteiger partial charge in [-0.05, 0) is 80.0 Å².